The third kappa shape index (κ3) is 3.30. The SMILES string of the molecule is Cl.NCC1CCN(CC2CCSC2)C1. The number of halogens is 1. The Hall–Kier alpha value is 0.560. The summed E-state index contributed by atoms with van der Waals surface area (Å²) in [7, 11) is 0. The fourth-order valence-corrected chi connectivity index (χ4v) is 3.64. The maximum atomic E-state index is 5.67. The average molecular weight is 237 g/mol. The van der Waals surface area contributed by atoms with Gasteiger partial charge < -0.3 is 10.6 Å². The Morgan fingerprint density at radius 3 is 2.71 bits per heavy atom. The molecule has 0 aromatic rings. The molecule has 0 amide bonds. The topological polar surface area (TPSA) is 29.3 Å². The van der Waals surface area contributed by atoms with E-state index in [0.717, 1.165) is 18.4 Å². The van der Waals surface area contributed by atoms with Crippen LogP contribution in [0.4, 0.5) is 0 Å². The van der Waals surface area contributed by atoms with Gasteiger partial charge in [-0.05, 0) is 49.3 Å². The van der Waals surface area contributed by atoms with Crippen molar-refractivity contribution in [3.8, 4) is 0 Å². The van der Waals surface area contributed by atoms with E-state index in [4.69, 9.17) is 5.73 Å². The van der Waals surface area contributed by atoms with Crippen LogP contribution in [0.1, 0.15) is 12.8 Å². The zero-order valence-corrected chi connectivity index (χ0v) is 10.3. The lowest BCUT2D eigenvalue weighted by Gasteiger charge is -2.19. The Labute approximate surface area is 97.4 Å². The Morgan fingerprint density at radius 1 is 1.29 bits per heavy atom. The van der Waals surface area contributed by atoms with Crippen LogP contribution in [-0.4, -0.2) is 42.6 Å². The first-order valence-corrected chi connectivity index (χ1v) is 6.54. The highest BCUT2D eigenvalue weighted by molar-refractivity contribution is 7.99. The third-order valence-corrected chi connectivity index (χ3v) is 4.48. The van der Waals surface area contributed by atoms with Gasteiger partial charge in [0.25, 0.3) is 0 Å². The first-order chi connectivity index (χ1) is 6.38. The highest BCUT2D eigenvalue weighted by atomic mass is 35.5. The number of nitrogens with two attached hydrogens (primary N) is 1. The van der Waals surface area contributed by atoms with E-state index in [1.54, 1.807) is 0 Å². The molecule has 4 heteroatoms. The van der Waals surface area contributed by atoms with Crippen molar-refractivity contribution in [2.75, 3.05) is 37.7 Å². The predicted octanol–water partition coefficient (Wildman–Crippen LogP) is 1.44. The second kappa shape index (κ2) is 6.21. The Balaban J connectivity index is 0.000000980. The van der Waals surface area contributed by atoms with Gasteiger partial charge in [0, 0.05) is 13.1 Å². The maximum Gasteiger partial charge on any atom is 0.00223 e. The van der Waals surface area contributed by atoms with Crippen LogP contribution in [0, 0.1) is 11.8 Å². The van der Waals surface area contributed by atoms with Crippen molar-refractivity contribution < 1.29 is 0 Å². The quantitative estimate of drug-likeness (QED) is 0.804. The molecule has 14 heavy (non-hydrogen) atoms. The minimum absolute atomic E-state index is 0. The summed E-state index contributed by atoms with van der Waals surface area (Å²) in [6, 6.07) is 0. The van der Waals surface area contributed by atoms with Crippen molar-refractivity contribution >= 4 is 24.2 Å². The van der Waals surface area contributed by atoms with Crippen LogP contribution in [0.25, 0.3) is 0 Å². The van der Waals surface area contributed by atoms with Gasteiger partial charge in [-0.3, -0.25) is 0 Å². The van der Waals surface area contributed by atoms with Gasteiger partial charge in [0.1, 0.15) is 0 Å². The molecule has 2 aliphatic heterocycles. The molecule has 2 rings (SSSR count). The molecule has 84 valence electrons. The summed E-state index contributed by atoms with van der Waals surface area (Å²) in [6.45, 7) is 4.78. The van der Waals surface area contributed by atoms with Gasteiger partial charge in [-0.2, -0.15) is 11.8 Å². The number of rotatable bonds is 3. The lowest BCUT2D eigenvalue weighted by Crippen LogP contribution is -2.28. The van der Waals surface area contributed by atoms with Crippen molar-refractivity contribution in [1.29, 1.82) is 0 Å². The predicted molar refractivity (Wildman–Crippen MR) is 66.3 cm³/mol. The molecule has 0 bridgehead atoms. The molecule has 2 nitrogen and oxygen atoms in total. The van der Waals surface area contributed by atoms with Crippen molar-refractivity contribution in [1.82, 2.24) is 4.90 Å². The summed E-state index contributed by atoms with van der Waals surface area (Å²) in [5.74, 6) is 4.54. The first kappa shape index (κ1) is 12.6. The standard InChI is InChI=1S/C10H20N2S.ClH/c11-5-9-1-3-12(6-9)7-10-2-4-13-8-10;/h9-10H,1-8,11H2;1H. The van der Waals surface area contributed by atoms with Crippen LogP contribution in [-0.2, 0) is 0 Å². The van der Waals surface area contributed by atoms with E-state index < -0.39 is 0 Å². The second-order valence-electron chi connectivity index (χ2n) is 4.38. The van der Waals surface area contributed by atoms with E-state index in [2.05, 4.69) is 16.7 Å². The fraction of sp³-hybridized carbons (Fsp3) is 1.00. The molecule has 2 unspecified atom stereocenters. The summed E-state index contributed by atoms with van der Waals surface area (Å²) >= 11 is 2.12. The molecule has 2 aliphatic rings. The Kier molecular flexibility index (Phi) is 5.60. The van der Waals surface area contributed by atoms with Crippen molar-refractivity contribution in [2.24, 2.45) is 17.6 Å². The molecule has 2 N–H and O–H groups in total. The monoisotopic (exact) mass is 236 g/mol. The summed E-state index contributed by atoms with van der Waals surface area (Å²) in [5, 5.41) is 0. The van der Waals surface area contributed by atoms with Gasteiger partial charge in [-0.1, -0.05) is 0 Å². The van der Waals surface area contributed by atoms with Crippen molar-refractivity contribution in [3.05, 3.63) is 0 Å². The van der Waals surface area contributed by atoms with Gasteiger partial charge in [0.05, 0.1) is 0 Å². The van der Waals surface area contributed by atoms with E-state index in [1.807, 2.05) is 0 Å². The minimum Gasteiger partial charge on any atom is -0.330 e. The lowest BCUT2D eigenvalue weighted by molar-refractivity contribution is 0.281. The third-order valence-electron chi connectivity index (χ3n) is 3.24. The second-order valence-corrected chi connectivity index (χ2v) is 5.53. The highest BCUT2D eigenvalue weighted by Crippen LogP contribution is 2.26. The van der Waals surface area contributed by atoms with E-state index >= 15 is 0 Å². The smallest absolute Gasteiger partial charge is 0.00223 e. The van der Waals surface area contributed by atoms with Gasteiger partial charge in [-0.15, -0.1) is 12.4 Å². The zero-order chi connectivity index (χ0) is 9.10. The average Bonchev–Trinajstić information content (AvgIpc) is 2.76. The van der Waals surface area contributed by atoms with E-state index in [-0.39, 0.29) is 12.4 Å². The molecule has 2 fully saturated rings. The lowest BCUT2D eigenvalue weighted by atomic mass is 10.1. The summed E-state index contributed by atoms with van der Waals surface area (Å²) in [4.78, 5) is 2.62. The van der Waals surface area contributed by atoms with Crippen LogP contribution in [0.3, 0.4) is 0 Å². The molecular weight excluding hydrogens is 216 g/mol. The minimum atomic E-state index is 0. The molecule has 0 aromatic carbocycles. The van der Waals surface area contributed by atoms with Gasteiger partial charge >= 0.3 is 0 Å². The van der Waals surface area contributed by atoms with Crippen molar-refractivity contribution in [3.63, 3.8) is 0 Å². The van der Waals surface area contributed by atoms with Crippen LogP contribution >= 0.6 is 24.2 Å². The van der Waals surface area contributed by atoms with Crippen LogP contribution in [0.5, 0.6) is 0 Å². The zero-order valence-electron chi connectivity index (χ0n) is 8.65. The van der Waals surface area contributed by atoms with Gasteiger partial charge in [0.2, 0.25) is 0 Å². The fourth-order valence-electron chi connectivity index (χ4n) is 2.36. The summed E-state index contributed by atoms with van der Waals surface area (Å²) in [6.07, 6.45) is 2.77. The number of thioether (sulfide) groups is 1. The molecule has 0 saturated carbocycles. The largest absolute Gasteiger partial charge is 0.330 e. The molecule has 2 atom stereocenters. The molecule has 0 aromatic heterocycles. The summed E-state index contributed by atoms with van der Waals surface area (Å²) in [5.41, 5.74) is 5.67. The Morgan fingerprint density at radius 2 is 2.14 bits per heavy atom. The number of nitrogens with zero attached hydrogens (tertiary/aromatic N) is 1. The van der Waals surface area contributed by atoms with Gasteiger partial charge in [-0.25, -0.2) is 0 Å². The number of hydrogen-bond donors (Lipinski definition) is 1. The highest BCUT2D eigenvalue weighted by Gasteiger charge is 2.25. The van der Waals surface area contributed by atoms with E-state index in [0.29, 0.717) is 0 Å². The number of hydrogen-bond acceptors (Lipinski definition) is 3. The van der Waals surface area contributed by atoms with E-state index in [1.165, 1.54) is 44.0 Å². The normalized spacial score (nSPS) is 33.2. The Bertz CT molecular complexity index is 162. The molecule has 0 aliphatic carbocycles. The molecule has 2 saturated heterocycles. The molecular formula is C10H21ClN2S. The van der Waals surface area contributed by atoms with Crippen LogP contribution in [0.15, 0.2) is 0 Å². The number of likely N-dealkylation sites (tertiary alicyclic amines) is 1. The van der Waals surface area contributed by atoms with E-state index in [9.17, 15) is 0 Å². The molecule has 0 spiro atoms. The maximum absolute atomic E-state index is 5.67. The molecule has 0 radical (unpaired) electrons. The molecule has 2 heterocycles. The van der Waals surface area contributed by atoms with Gasteiger partial charge in [0.15, 0.2) is 0 Å². The van der Waals surface area contributed by atoms with Crippen LogP contribution < -0.4 is 5.73 Å². The van der Waals surface area contributed by atoms with Crippen molar-refractivity contribution in [2.45, 2.75) is 12.8 Å². The first-order valence-electron chi connectivity index (χ1n) is 5.38. The van der Waals surface area contributed by atoms with Crippen LogP contribution in [0.2, 0.25) is 0 Å². The summed E-state index contributed by atoms with van der Waals surface area (Å²) < 4.78 is 0.